The van der Waals surface area contributed by atoms with E-state index in [1.807, 2.05) is 13.8 Å². The minimum absolute atomic E-state index is 0.0936. The van der Waals surface area contributed by atoms with Gasteiger partial charge in [-0.25, -0.2) is 4.39 Å². The molecule has 0 bridgehead atoms. The molecule has 0 radical (unpaired) electrons. The molecule has 0 aromatic heterocycles. The van der Waals surface area contributed by atoms with E-state index in [0.29, 0.717) is 5.88 Å². The molecule has 0 atom stereocenters. The molecule has 72 valence electrons. The van der Waals surface area contributed by atoms with Gasteiger partial charge < -0.3 is 0 Å². The maximum atomic E-state index is 13.5. The van der Waals surface area contributed by atoms with E-state index < -0.39 is 0 Å². The van der Waals surface area contributed by atoms with Crippen LogP contribution in [0, 0.1) is 33.5 Å². The maximum absolute atomic E-state index is 13.5. The molecule has 0 unspecified atom stereocenters. The van der Waals surface area contributed by atoms with Crippen LogP contribution >= 0.6 is 11.6 Å². The van der Waals surface area contributed by atoms with E-state index in [2.05, 4.69) is 0 Å². The largest absolute Gasteiger partial charge is 0.206 e. The topological polar surface area (TPSA) is 0 Å². The first-order valence-corrected chi connectivity index (χ1v) is 4.84. The Hall–Kier alpha value is -0.560. The molecule has 0 spiro atoms. The van der Waals surface area contributed by atoms with Crippen molar-refractivity contribution in [3.63, 3.8) is 0 Å². The minimum Gasteiger partial charge on any atom is -0.206 e. The molecule has 1 rings (SSSR count). The summed E-state index contributed by atoms with van der Waals surface area (Å²) in [6.45, 7) is 7.44. The summed E-state index contributed by atoms with van der Waals surface area (Å²) in [5.41, 5.74) is 4.47. The van der Waals surface area contributed by atoms with E-state index in [1.54, 1.807) is 13.8 Å². The Morgan fingerprint density at radius 1 is 0.923 bits per heavy atom. The summed E-state index contributed by atoms with van der Waals surface area (Å²) in [6.07, 6.45) is 0. The predicted molar refractivity (Wildman–Crippen MR) is 54.9 cm³/mol. The highest BCUT2D eigenvalue weighted by molar-refractivity contribution is 6.17. The monoisotopic (exact) mass is 200 g/mol. The van der Waals surface area contributed by atoms with E-state index >= 15 is 0 Å². The number of rotatable bonds is 1. The summed E-state index contributed by atoms with van der Waals surface area (Å²) in [5.74, 6) is 0.364. The zero-order valence-corrected chi connectivity index (χ0v) is 9.22. The molecule has 0 N–H and O–H groups in total. The second kappa shape index (κ2) is 3.67. The molecular formula is C11H14ClF. The van der Waals surface area contributed by atoms with Gasteiger partial charge >= 0.3 is 0 Å². The Bertz CT molecular complexity index is 313. The molecule has 2 heteroatoms. The smallest absolute Gasteiger partial charge is 0.129 e. The number of hydrogen-bond acceptors (Lipinski definition) is 0. The van der Waals surface area contributed by atoms with Gasteiger partial charge in [0.25, 0.3) is 0 Å². The molecule has 1 aromatic rings. The molecule has 0 aliphatic carbocycles. The first kappa shape index (κ1) is 10.5. The fraction of sp³-hybridized carbons (Fsp3) is 0.455. The van der Waals surface area contributed by atoms with Gasteiger partial charge in [-0.05, 0) is 55.5 Å². The van der Waals surface area contributed by atoms with E-state index in [-0.39, 0.29) is 5.82 Å². The summed E-state index contributed by atoms with van der Waals surface area (Å²) in [5, 5.41) is 0. The van der Waals surface area contributed by atoms with Gasteiger partial charge in [-0.1, -0.05) is 0 Å². The summed E-state index contributed by atoms with van der Waals surface area (Å²) in [7, 11) is 0. The average Bonchev–Trinajstić information content (AvgIpc) is 2.13. The highest BCUT2D eigenvalue weighted by atomic mass is 35.5. The van der Waals surface area contributed by atoms with Crippen molar-refractivity contribution in [2.75, 3.05) is 0 Å². The highest BCUT2D eigenvalue weighted by Crippen LogP contribution is 2.26. The lowest BCUT2D eigenvalue weighted by Gasteiger charge is -2.14. The predicted octanol–water partition coefficient (Wildman–Crippen LogP) is 3.80. The van der Waals surface area contributed by atoms with Gasteiger partial charge in [-0.3, -0.25) is 0 Å². The SMILES string of the molecule is Cc1c(C)c(CCl)c(C)c(C)c1F. The molecule has 0 amide bonds. The fourth-order valence-corrected chi connectivity index (χ4v) is 1.95. The molecule has 0 fully saturated rings. The van der Waals surface area contributed by atoms with Crippen molar-refractivity contribution >= 4 is 11.6 Å². The third-order valence-electron chi connectivity index (χ3n) is 2.82. The number of alkyl halides is 1. The Labute approximate surface area is 83.7 Å². The van der Waals surface area contributed by atoms with Crippen LogP contribution < -0.4 is 0 Å². The Morgan fingerprint density at radius 2 is 1.31 bits per heavy atom. The van der Waals surface area contributed by atoms with Crippen LogP contribution in [0.15, 0.2) is 0 Å². The Morgan fingerprint density at radius 3 is 1.62 bits per heavy atom. The molecular weight excluding hydrogens is 187 g/mol. The van der Waals surface area contributed by atoms with E-state index in [4.69, 9.17) is 11.6 Å². The molecule has 0 heterocycles. The lowest BCUT2D eigenvalue weighted by molar-refractivity contribution is 0.605. The van der Waals surface area contributed by atoms with Crippen LogP contribution in [-0.4, -0.2) is 0 Å². The summed E-state index contributed by atoms with van der Waals surface area (Å²) in [6, 6.07) is 0. The second-order valence-corrected chi connectivity index (χ2v) is 3.69. The van der Waals surface area contributed by atoms with Gasteiger partial charge in [0.2, 0.25) is 0 Å². The zero-order chi connectivity index (χ0) is 10.2. The van der Waals surface area contributed by atoms with Crippen LogP contribution in [0.4, 0.5) is 4.39 Å². The van der Waals surface area contributed by atoms with Crippen LogP contribution in [0.3, 0.4) is 0 Å². The minimum atomic E-state index is -0.0936. The van der Waals surface area contributed by atoms with Crippen LogP contribution in [-0.2, 0) is 5.88 Å². The van der Waals surface area contributed by atoms with Crippen LogP contribution in [0.25, 0.3) is 0 Å². The fourth-order valence-electron chi connectivity index (χ4n) is 1.54. The van der Waals surface area contributed by atoms with Crippen molar-refractivity contribution in [1.29, 1.82) is 0 Å². The first-order valence-electron chi connectivity index (χ1n) is 4.31. The van der Waals surface area contributed by atoms with Crippen molar-refractivity contribution < 1.29 is 4.39 Å². The van der Waals surface area contributed by atoms with Gasteiger partial charge in [0, 0.05) is 5.88 Å². The average molecular weight is 201 g/mol. The van der Waals surface area contributed by atoms with E-state index in [1.165, 1.54) is 0 Å². The van der Waals surface area contributed by atoms with E-state index in [9.17, 15) is 4.39 Å². The van der Waals surface area contributed by atoms with Gasteiger partial charge in [0.1, 0.15) is 5.82 Å². The molecule has 13 heavy (non-hydrogen) atoms. The molecule has 0 aliphatic heterocycles. The highest BCUT2D eigenvalue weighted by Gasteiger charge is 2.13. The van der Waals surface area contributed by atoms with Crippen molar-refractivity contribution in [3.05, 3.63) is 33.6 Å². The summed E-state index contributed by atoms with van der Waals surface area (Å²) in [4.78, 5) is 0. The van der Waals surface area contributed by atoms with Gasteiger partial charge in [-0.15, -0.1) is 11.6 Å². The number of halogens is 2. The molecule has 0 saturated heterocycles. The van der Waals surface area contributed by atoms with Crippen LogP contribution in [0.2, 0.25) is 0 Å². The zero-order valence-electron chi connectivity index (χ0n) is 8.46. The lowest BCUT2D eigenvalue weighted by Crippen LogP contribution is -2.01. The van der Waals surface area contributed by atoms with Crippen molar-refractivity contribution in [1.82, 2.24) is 0 Å². The number of hydrogen-bond donors (Lipinski definition) is 0. The Balaban J connectivity index is 3.56. The quantitative estimate of drug-likeness (QED) is 0.605. The Kier molecular flexibility index (Phi) is 2.97. The third kappa shape index (κ3) is 1.58. The molecule has 0 saturated carbocycles. The summed E-state index contributed by atoms with van der Waals surface area (Å²) >= 11 is 5.81. The first-order chi connectivity index (χ1) is 6.00. The van der Waals surface area contributed by atoms with Crippen LogP contribution in [0.5, 0.6) is 0 Å². The second-order valence-electron chi connectivity index (χ2n) is 3.43. The number of benzene rings is 1. The van der Waals surface area contributed by atoms with Gasteiger partial charge in [-0.2, -0.15) is 0 Å². The normalized spacial score (nSPS) is 10.6. The van der Waals surface area contributed by atoms with Gasteiger partial charge in [0.15, 0.2) is 0 Å². The summed E-state index contributed by atoms with van der Waals surface area (Å²) < 4.78 is 13.5. The molecule has 0 nitrogen and oxygen atoms in total. The van der Waals surface area contributed by atoms with E-state index in [0.717, 1.165) is 27.8 Å². The lowest BCUT2D eigenvalue weighted by atomic mass is 9.94. The van der Waals surface area contributed by atoms with Crippen LogP contribution in [0.1, 0.15) is 27.8 Å². The van der Waals surface area contributed by atoms with Crippen molar-refractivity contribution in [2.24, 2.45) is 0 Å². The van der Waals surface area contributed by atoms with Crippen molar-refractivity contribution in [2.45, 2.75) is 33.6 Å². The third-order valence-corrected chi connectivity index (χ3v) is 3.09. The van der Waals surface area contributed by atoms with Crippen molar-refractivity contribution in [3.8, 4) is 0 Å². The standard InChI is InChI=1S/C11H14ClF/c1-6-8(3)11(13)9(4)7(2)10(6)5-12/h5H2,1-4H3. The molecule has 1 aromatic carbocycles. The molecule has 0 aliphatic rings. The maximum Gasteiger partial charge on any atom is 0.129 e. The van der Waals surface area contributed by atoms with Gasteiger partial charge in [0.05, 0.1) is 0 Å².